The predicted molar refractivity (Wildman–Crippen MR) is 57.9 cm³/mol. The minimum absolute atomic E-state index is 0.120. The van der Waals surface area contributed by atoms with Gasteiger partial charge < -0.3 is 10.2 Å². The molecular formula is C11H17NO5. The zero-order valence-corrected chi connectivity index (χ0v) is 9.76. The van der Waals surface area contributed by atoms with E-state index < -0.39 is 28.1 Å². The summed E-state index contributed by atoms with van der Waals surface area (Å²) in [6, 6.07) is -1.45. The number of carbonyl (C=O) groups is 1. The third-order valence-electron chi connectivity index (χ3n) is 4.55. The van der Waals surface area contributed by atoms with Crippen molar-refractivity contribution in [3.05, 3.63) is 10.1 Å². The first-order valence-electron chi connectivity index (χ1n) is 5.90. The summed E-state index contributed by atoms with van der Waals surface area (Å²) in [6.45, 7) is 1.59. The molecule has 2 aliphatic rings. The molecule has 0 aromatic carbocycles. The van der Waals surface area contributed by atoms with E-state index in [1.807, 2.05) is 0 Å². The van der Waals surface area contributed by atoms with Gasteiger partial charge in [-0.2, -0.15) is 0 Å². The molecule has 0 saturated heterocycles. The van der Waals surface area contributed by atoms with Crippen LogP contribution in [0.1, 0.15) is 39.0 Å². The fourth-order valence-electron chi connectivity index (χ4n) is 3.37. The van der Waals surface area contributed by atoms with Crippen molar-refractivity contribution in [2.24, 2.45) is 5.41 Å². The van der Waals surface area contributed by atoms with Crippen molar-refractivity contribution in [3.63, 3.8) is 0 Å². The summed E-state index contributed by atoms with van der Waals surface area (Å²) in [6.07, 6.45) is 0.345. The number of rotatable bonds is 1. The maximum atomic E-state index is 12.0. The van der Waals surface area contributed by atoms with Crippen LogP contribution in [0.15, 0.2) is 0 Å². The average molecular weight is 243 g/mol. The second-order valence-electron chi connectivity index (χ2n) is 5.37. The van der Waals surface area contributed by atoms with Gasteiger partial charge in [0.25, 0.3) is 6.04 Å². The molecule has 0 amide bonds. The molecule has 2 fully saturated rings. The number of aliphatic hydroxyl groups is 2. The first-order chi connectivity index (χ1) is 7.83. The number of Topliss-reactive ketones (excluding diaryl/α,β-unsaturated/α-hetero) is 1. The number of aliphatic hydroxyl groups excluding tert-OH is 1. The van der Waals surface area contributed by atoms with Gasteiger partial charge in [0.15, 0.2) is 0 Å². The molecule has 17 heavy (non-hydrogen) atoms. The number of fused-ring (bicyclic) bond motifs is 1. The highest BCUT2D eigenvalue weighted by molar-refractivity contribution is 5.87. The highest BCUT2D eigenvalue weighted by Crippen LogP contribution is 2.51. The van der Waals surface area contributed by atoms with Crippen LogP contribution in [0.2, 0.25) is 0 Å². The quantitative estimate of drug-likeness (QED) is 0.508. The monoisotopic (exact) mass is 243 g/mol. The van der Waals surface area contributed by atoms with Crippen LogP contribution in [0, 0.1) is 15.5 Å². The van der Waals surface area contributed by atoms with Gasteiger partial charge in [-0.05, 0) is 32.6 Å². The van der Waals surface area contributed by atoms with Crippen molar-refractivity contribution in [1.29, 1.82) is 0 Å². The van der Waals surface area contributed by atoms with Gasteiger partial charge in [0, 0.05) is 11.3 Å². The van der Waals surface area contributed by atoms with E-state index in [-0.39, 0.29) is 18.6 Å². The highest BCUT2D eigenvalue weighted by atomic mass is 16.6. The van der Waals surface area contributed by atoms with Crippen LogP contribution in [0.25, 0.3) is 0 Å². The van der Waals surface area contributed by atoms with E-state index in [1.54, 1.807) is 6.92 Å². The Hall–Kier alpha value is -1.01. The largest absolute Gasteiger partial charge is 0.386 e. The molecule has 0 aliphatic heterocycles. The second kappa shape index (κ2) is 3.74. The normalized spacial score (nSPS) is 46.4. The Morgan fingerprint density at radius 3 is 2.71 bits per heavy atom. The van der Waals surface area contributed by atoms with E-state index >= 15 is 0 Å². The third kappa shape index (κ3) is 1.51. The number of hydrogen-bond donors (Lipinski definition) is 2. The highest BCUT2D eigenvalue weighted by Gasteiger charge is 2.66. The Morgan fingerprint density at radius 1 is 1.47 bits per heavy atom. The predicted octanol–water partition coefficient (Wildman–Crippen LogP) is 0.277. The van der Waals surface area contributed by atoms with Crippen LogP contribution in [0.5, 0.6) is 0 Å². The maximum Gasteiger partial charge on any atom is 0.267 e. The van der Waals surface area contributed by atoms with Gasteiger partial charge in [0.2, 0.25) is 0 Å². The van der Waals surface area contributed by atoms with Gasteiger partial charge >= 0.3 is 0 Å². The molecule has 2 N–H and O–H groups in total. The number of ketones is 1. The van der Waals surface area contributed by atoms with E-state index in [1.165, 1.54) is 0 Å². The van der Waals surface area contributed by atoms with Gasteiger partial charge in [0.1, 0.15) is 17.5 Å². The van der Waals surface area contributed by atoms with Crippen molar-refractivity contribution in [2.75, 3.05) is 0 Å². The zero-order chi connectivity index (χ0) is 12.8. The van der Waals surface area contributed by atoms with Crippen molar-refractivity contribution < 1.29 is 19.9 Å². The Bertz CT molecular complexity index is 371. The zero-order valence-electron chi connectivity index (χ0n) is 9.76. The van der Waals surface area contributed by atoms with E-state index in [0.717, 1.165) is 0 Å². The van der Waals surface area contributed by atoms with E-state index in [2.05, 4.69) is 0 Å². The summed E-state index contributed by atoms with van der Waals surface area (Å²) >= 11 is 0. The lowest BCUT2D eigenvalue weighted by Gasteiger charge is -2.51. The molecule has 0 radical (unpaired) electrons. The van der Waals surface area contributed by atoms with Gasteiger partial charge in [-0.3, -0.25) is 14.9 Å². The van der Waals surface area contributed by atoms with Crippen molar-refractivity contribution in [3.8, 4) is 0 Å². The van der Waals surface area contributed by atoms with Gasteiger partial charge in [-0.25, -0.2) is 0 Å². The van der Waals surface area contributed by atoms with Crippen LogP contribution in [0.4, 0.5) is 0 Å². The van der Waals surface area contributed by atoms with Crippen molar-refractivity contribution in [1.82, 2.24) is 0 Å². The van der Waals surface area contributed by atoms with E-state index in [4.69, 9.17) is 0 Å². The molecule has 2 aliphatic carbocycles. The summed E-state index contributed by atoms with van der Waals surface area (Å²) in [5, 5.41) is 31.4. The summed E-state index contributed by atoms with van der Waals surface area (Å²) in [5.41, 5.74) is -2.79. The minimum atomic E-state index is -1.70. The SMILES string of the molecule is C[C@@]12CC[C@H](O)[C@@H]([N+](=O)[O-])[C@]1(O)CCCC2=O. The summed E-state index contributed by atoms with van der Waals surface area (Å²) in [4.78, 5) is 22.4. The standard InChI is InChI=1S/C11H17NO5/c1-10-6-4-7(13)9(12(16)17)11(10,15)5-2-3-8(10)14/h7,9,13,15H,2-6H2,1H3/t7-,9+,10-,11+/m0/s1. The molecule has 6 nitrogen and oxygen atoms in total. The molecule has 0 bridgehead atoms. The van der Waals surface area contributed by atoms with Crippen LogP contribution in [0.3, 0.4) is 0 Å². The van der Waals surface area contributed by atoms with Gasteiger partial charge in [-0.15, -0.1) is 0 Å². The molecule has 2 rings (SSSR count). The smallest absolute Gasteiger partial charge is 0.267 e. The molecule has 0 aromatic rings. The fraction of sp³-hybridized carbons (Fsp3) is 0.909. The van der Waals surface area contributed by atoms with Crippen molar-refractivity contribution in [2.45, 2.75) is 56.8 Å². The van der Waals surface area contributed by atoms with Gasteiger partial charge in [0.05, 0.1) is 5.41 Å². The topological polar surface area (TPSA) is 101 Å². The summed E-state index contributed by atoms with van der Waals surface area (Å²) in [5.74, 6) is -0.120. The first-order valence-corrected chi connectivity index (χ1v) is 5.90. The molecule has 96 valence electrons. The number of nitrogens with zero attached hydrogens (tertiary/aromatic N) is 1. The summed E-state index contributed by atoms with van der Waals surface area (Å²) in [7, 11) is 0. The lowest BCUT2D eigenvalue weighted by atomic mass is 9.54. The molecule has 4 atom stereocenters. The third-order valence-corrected chi connectivity index (χ3v) is 4.55. The second-order valence-corrected chi connectivity index (χ2v) is 5.37. The minimum Gasteiger partial charge on any atom is -0.386 e. The molecule has 0 unspecified atom stereocenters. The maximum absolute atomic E-state index is 12.0. The van der Waals surface area contributed by atoms with E-state index in [9.17, 15) is 25.1 Å². The molecule has 0 heterocycles. The fourth-order valence-corrected chi connectivity index (χ4v) is 3.37. The Morgan fingerprint density at radius 2 is 2.12 bits per heavy atom. The lowest BCUT2D eigenvalue weighted by molar-refractivity contribution is -0.568. The Kier molecular flexibility index (Phi) is 2.74. The van der Waals surface area contributed by atoms with Crippen LogP contribution in [-0.2, 0) is 4.79 Å². The lowest BCUT2D eigenvalue weighted by Crippen LogP contribution is -2.68. The molecule has 0 spiro atoms. The number of nitro groups is 1. The van der Waals surface area contributed by atoms with Crippen LogP contribution >= 0.6 is 0 Å². The Balaban J connectivity index is 2.47. The van der Waals surface area contributed by atoms with Crippen LogP contribution < -0.4 is 0 Å². The van der Waals surface area contributed by atoms with Crippen LogP contribution in [-0.4, -0.2) is 38.7 Å². The molecule has 6 heteroatoms. The summed E-state index contributed by atoms with van der Waals surface area (Å²) < 4.78 is 0. The molecule has 0 aromatic heterocycles. The average Bonchev–Trinajstić information content (AvgIpc) is 2.22. The Labute approximate surface area is 98.8 Å². The van der Waals surface area contributed by atoms with Crippen molar-refractivity contribution >= 4 is 5.78 Å². The first kappa shape index (κ1) is 12.4. The number of carbonyl (C=O) groups excluding carboxylic acids is 1. The molecular weight excluding hydrogens is 226 g/mol. The molecule has 2 saturated carbocycles. The number of hydrogen-bond acceptors (Lipinski definition) is 5. The van der Waals surface area contributed by atoms with E-state index in [0.29, 0.717) is 19.3 Å². The van der Waals surface area contributed by atoms with Gasteiger partial charge in [-0.1, -0.05) is 0 Å².